The Bertz CT molecular complexity index is 809. The molecule has 0 aromatic carbocycles. The average molecular weight is 502 g/mol. The third-order valence-electron chi connectivity index (χ3n) is 4.34. The molecule has 3 atom stereocenters. The van der Waals surface area contributed by atoms with Gasteiger partial charge >= 0.3 is 5.97 Å². The number of nitrogens with zero attached hydrogens (tertiary/aromatic N) is 2. The van der Waals surface area contributed by atoms with Gasteiger partial charge in [-0.25, -0.2) is 4.79 Å². The second kappa shape index (κ2) is 16.5. The van der Waals surface area contributed by atoms with E-state index in [-0.39, 0.29) is 50.7 Å². The first-order valence-corrected chi connectivity index (χ1v) is 10.6. The largest absolute Gasteiger partial charge is 0.480 e. The number of guanidine groups is 2. The van der Waals surface area contributed by atoms with Crippen molar-refractivity contribution < 1.29 is 29.1 Å². The molecule has 0 aliphatic heterocycles. The summed E-state index contributed by atoms with van der Waals surface area (Å²) >= 11 is 0. The minimum Gasteiger partial charge on any atom is -0.480 e. The van der Waals surface area contributed by atoms with Crippen molar-refractivity contribution in [3.8, 4) is 0 Å². The Hall–Kier alpha value is -4.15. The van der Waals surface area contributed by atoms with Crippen LogP contribution < -0.4 is 50.4 Å². The standard InChI is InChI=1S/C18H35N11O6/c19-9(7-12(20)30)14(32)27-8-13(31)28-10(3-1-5-25-17(21)22)15(33)29-11(16(34)35)4-2-6-26-18(23)24/h9-11H,1-8,19H2,(H2,20,30)(H,27,32)(H,28,31)(H,29,33)(H,34,35)(H4,21,22,25)(H4,23,24,26). The second-order valence-corrected chi connectivity index (χ2v) is 7.41. The molecule has 0 saturated carbocycles. The quantitative estimate of drug-likeness (QED) is 0.0508. The van der Waals surface area contributed by atoms with Crippen molar-refractivity contribution in [2.75, 3.05) is 19.6 Å². The fraction of sp³-hybridized carbons (Fsp3) is 0.611. The van der Waals surface area contributed by atoms with E-state index in [4.69, 9.17) is 34.4 Å². The number of aliphatic imine (C=N–C) groups is 2. The smallest absolute Gasteiger partial charge is 0.326 e. The number of carbonyl (C=O) groups excluding carboxylic acids is 4. The zero-order valence-corrected chi connectivity index (χ0v) is 19.2. The molecule has 16 N–H and O–H groups in total. The highest BCUT2D eigenvalue weighted by atomic mass is 16.4. The van der Waals surface area contributed by atoms with Gasteiger partial charge in [0.2, 0.25) is 23.6 Å². The van der Waals surface area contributed by atoms with E-state index in [9.17, 15) is 29.1 Å². The van der Waals surface area contributed by atoms with Crippen LogP contribution >= 0.6 is 0 Å². The Labute approximate surface area is 201 Å². The van der Waals surface area contributed by atoms with E-state index in [1.165, 1.54) is 0 Å². The third kappa shape index (κ3) is 15.3. The molecule has 0 bridgehead atoms. The first kappa shape index (κ1) is 30.8. The summed E-state index contributed by atoms with van der Waals surface area (Å²) in [5, 5.41) is 16.4. The molecule has 198 valence electrons. The summed E-state index contributed by atoms with van der Waals surface area (Å²) in [4.78, 5) is 66.8. The van der Waals surface area contributed by atoms with E-state index in [2.05, 4.69) is 25.9 Å². The maximum absolute atomic E-state index is 12.7. The van der Waals surface area contributed by atoms with Crippen LogP contribution in [0.3, 0.4) is 0 Å². The van der Waals surface area contributed by atoms with Crippen LogP contribution in [-0.4, -0.2) is 84.4 Å². The van der Waals surface area contributed by atoms with Gasteiger partial charge in [-0.1, -0.05) is 0 Å². The molecule has 17 nitrogen and oxygen atoms in total. The molecule has 0 saturated heterocycles. The van der Waals surface area contributed by atoms with Crippen molar-refractivity contribution in [2.45, 2.75) is 50.2 Å². The van der Waals surface area contributed by atoms with E-state index in [0.29, 0.717) is 0 Å². The highest BCUT2D eigenvalue weighted by molar-refractivity contribution is 5.93. The van der Waals surface area contributed by atoms with Gasteiger partial charge in [0.15, 0.2) is 11.9 Å². The number of carboxylic acids is 1. The number of hydrogen-bond acceptors (Lipinski definition) is 8. The first-order valence-electron chi connectivity index (χ1n) is 10.6. The fourth-order valence-corrected chi connectivity index (χ4v) is 2.66. The van der Waals surface area contributed by atoms with Crippen molar-refractivity contribution in [1.82, 2.24) is 16.0 Å². The van der Waals surface area contributed by atoms with Crippen molar-refractivity contribution in [1.29, 1.82) is 0 Å². The molecule has 0 radical (unpaired) electrons. The molecule has 0 aromatic rings. The van der Waals surface area contributed by atoms with E-state index in [0.717, 1.165) is 0 Å². The minimum absolute atomic E-state index is 0.0281. The molecule has 0 spiro atoms. The van der Waals surface area contributed by atoms with Crippen LogP contribution in [-0.2, 0) is 24.0 Å². The van der Waals surface area contributed by atoms with Gasteiger partial charge in [0, 0.05) is 13.1 Å². The molecule has 0 fully saturated rings. The van der Waals surface area contributed by atoms with Crippen LogP contribution in [0, 0.1) is 0 Å². The molecular formula is C18H35N11O6. The number of carbonyl (C=O) groups is 5. The summed E-state index contributed by atoms with van der Waals surface area (Å²) in [5.74, 6) is -4.70. The van der Waals surface area contributed by atoms with Gasteiger partial charge < -0.3 is 55.5 Å². The first-order chi connectivity index (χ1) is 16.3. The summed E-state index contributed by atoms with van der Waals surface area (Å²) in [5.41, 5.74) is 31.4. The molecule has 0 rings (SSSR count). The zero-order valence-electron chi connectivity index (χ0n) is 19.2. The van der Waals surface area contributed by atoms with Gasteiger partial charge in [0.1, 0.15) is 12.1 Å². The maximum atomic E-state index is 12.7. The number of nitrogens with one attached hydrogen (secondary N) is 3. The zero-order chi connectivity index (χ0) is 27.0. The van der Waals surface area contributed by atoms with Crippen LogP contribution in [0.15, 0.2) is 9.98 Å². The SMILES string of the molecule is NC(=O)CC(N)C(=O)NCC(=O)NC(CCCN=C(N)N)C(=O)NC(CCCN=C(N)N)C(=O)O. The van der Waals surface area contributed by atoms with Gasteiger partial charge in [-0.3, -0.25) is 29.2 Å². The van der Waals surface area contributed by atoms with Crippen LogP contribution in [0.1, 0.15) is 32.1 Å². The molecular weight excluding hydrogens is 466 g/mol. The van der Waals surface area contributed by atoms with Crippen molar-refractivity contribution in [3.05, 3.63) is 0 Å². The number of primary amides is 1. The van der Waals surface area contributed by atoms with Crippen molar-refractivity contribution >= 4 is 41.5 Å². The molecule has 35 heavy (non-hydrogen) atoms. The topological polar surface area (TPSA) is 323 Å². The second-order valence-electron chi connectivity index (χ2n) is 7.41. The number of amides is 4. The summed E-state index contributed by atoms with van der Waals surface area (Å²) in [7, 11) is 0. The maximum Gasteiger partial charge on any atom is 0.326 e. The van der Waals surface area contributed by atoms with Gasteiger partial charge in [0.05, 0.1) is 19.0 Å². The van der Waals surface area contributed by atoms with Gasteiger partial charge in [0.25, 0.3) is 0 Å². The predicted molar refractivity (Wildman–Crippen MR) is 126 cm³/mol. The minimum atomic E-state index is -1.29. The number of hydrogen-bond donors (Lipinski definition) is 10. The molecule has 0 aliphatic carbocycles. The lowest BCUT2D eigenvalue weighted by Gasteiger charge is -2.21. The van der Waals surface area contributed by atoms with Gasteiger partial charge in [-0.2, -0.15) is 0 Å². The highest BCUT2D eigenvalue weighted by Crippen LogP contribution is 2.03. The Balaban J connectivity index is 5.11. The van der Waals surface area contributed by atoms with E-state index in [1.54, 1.807) is 0 Å². The monoisotopic (exact) mass is 501 g/mol. The van der Waals surface area contributed by atoms with Crippen LogP contribution in [0.4, 0.5) is 0 Å². The number of carboxylic acid groups (broad SMARTS) is 1. The third-order valence-corrected chi connectivity index (χ3v) is 4.34. The van der Waals surface area contributed by atoms with Gasteiger partial charge in [-0.15, -0.1) is 0 Å². The molecule has 17 heteroatoms. The van der Waals surface area contributed by atoms with Crippen molar-refractivity contribution in [3.63, 3.8) is 0 Å². The Morgan fingerprint density at radius 2 is 1.29 bits per heavy atom. The average Bonchev–Trinajstić information content (AvgIpc) is 2.74. The molecule has 4 amide bonds. The predicted octanol–water partition coefficient (Wildman–Crippen LogP) is -5.53. The summed E-state index contributed by atoms with van der Waals surface area (Å²) in [6.45, 7) is -0.232. The summed E-state index contributed by atoms with van der Waals surface area (Å²) in [6.07, 6.45) is 0.218. The Morgan fingerprint density at radius 3 is 1.74 bits per heavy atom. The number of aliphatic carboxylic acids is 1. The van der Waals surface area contributed by atoms with Crippen LogP contribution in [0.25, 0.3) is 0 Å². The lowest BCUT2D eigenvalue weighted by atomic mass is 10.1. The molecule has 3 unspecified atom stereocenters. The summed E-state index contributed by atoms with van der Waals surface area (Å²) < 4.78 is 0. The fourth-order valence-electron chi connectivity index (χ4n) is 2.66. The van der Waals surface area contributed by atoms with Gasteiger partial charge in [-0.05, 0) is 25.7 Å². The van der Waals surface area contributed by atoms with E-state index in [1.807, 2.05) is 0 Å². The molecule has 0 aromatic heterocycles. The Kier molecular flexibility index (Phi) is 14.5. The Morgan fingerprint density at radius 1 is 0.771 bits per heavy atom. The lowest BCUT2D eigenvalue weighted by molar-refractivity contribution is -0.142. The lowest BCUT2D eigenvalue weighted by Crippen LogP contribution is -2.54. The number of nitrogens with two attached hydrogens (primary N) is 6. The highest BCUT2D eigenvalue weighted by Gasteiger charge is 2.26. The van der Waals surface area contributed by atoms with Crippen LogP contribution in [0.2, 0.25) is 0 Å². The summed E-state index contributed by atoms with van der Waals surface area (Å²) in [6, 6.07) is -3.66. The number of rotatable bonds is 17. The molecule has 0 heterocycles. The van der Waals surface area contributed by atoms with E-state index >= 15 is 0 Å². The normalized spacial score (nSPS) is 12.8. The van der Waals surface area contributed by atoms with E-state index < -0.39 is 60.7 Å². The van der Waals surface area contributed by atoms with Crippen LogP contribution in [0.5, 0.6) is 0 Å². The van der Waals surface area contributed by atoms with Crippen molar-refractivity contribution in [2.24, 2.45) is 44.4 Å². The molecule has 0 aliphatic rings.